The second-order valence-electron chi connectivity index (χ2n) is 4.16. The van der Waals surface area contributed by atoms with Crippen LogP contribution in [0.15, 0.2) is 30.3 Å². The Kier molecular flexibility index (Phi) is 4.99. The Morgan fingerprint density at radius 3 is 2.50 bits per heavy atom. The van der Waals surface area contributed by atoms with E-state index in [9.17, 15) is 4.79 Å². The molecule has 0 atom stereocenters. The fourth-order valence-electron chi connectivity index (χ4n) is 1.17. The molecule has 0 unspecified atom stereocenters. The predicted octanol–water partition coefficient (Wildman–Crippen LogP) is 2.07. The van der Waals surface area contributed by atoms with Gasteiger partial charge in [-0.2, -0.15) is 0 Å². The molecule has 88 valence electrons. The molecule has 0 N–H and O–H groups in total. The molecule has 1 rings (SSSR count). The van der Waals surface area contributed by atoms with E-state index in [2.05, 4.69) is 0 Å². The summed E-state index contributed by atoms with van der Waals surface area (Å²) in [4.78, 5) is 13.4. The van der Waals surface area contributed by atoms with Crippen molar-refractivity contribution in [1.82, 2.24) is 4.90 Å². The number of carbonyl (C=O) groups is 1. The second-order valence-corrected chi connectivity index (χ2v) is 4.16. The normalized spacial score (nSPS) is 10.8. The average molecular weight is 221 g/mol. The van der Waals surface area contributed by atoms with Gasteiger partial charge in [-0.05, 0) is 26.5 Å². The number of esters is 1. The van der Waals surface area contributed by atoms with Gasteiger partial charge in [-0.15, -0.1) is 0 Å². The molecule has 0 heterocycles. The Balaban J connectivity index is 2.31. The van der Waals surface area contributed by atoms with Crippen molar-refractivity contribution in [3.63, 3.8) is 0 Å². The van der Waals surface area contributed by atoms with Crippen LogP contribution >= 0.6 is 0 Å². The fraction of sp³-hybridized carbons (Fsp3) is 0.462. The third-order valence-corrected chi connectivity index (χ3v) is 2.50. The van der Waals surface area contributed by atoms with Gasteiger partial charge in [-0.1, -0.05) is 30.3 Å². The lowest BCUT2D eigenvalue weighted by molar-refractivity contribution is -0.146. The summed E-state index contributed by atoms with van der Waals surface area (Å²) in [6.45, 7) is 4.78. The first kappa shape index (κ1) is 12.7. The number of ether oxygens (including phenoxy) is 1. The van der Waals surface area contributed by atoms with Gasteiger partial charge in [0.25, 0.3) is 0 Å². The molecule has 0 aliphatic carbocycles. The fourth-order valence-corrected chi connectivity index (χ4v) is 1.17. The average Bonchev–Trinajstić information content (AvgIpc) is 2.27. The molecule has 0 bridgehead atoms. The van der Waals surface area contributed by atoms with Crippen molar-refractivity contribution in [1.29, 1.82) is 0 Å². The van der Waals surface area contributed by atoms with Gasteiger partial charge in [0.1, 0.15) is 6.61 Å². The summed E-state index contributed by atoms with van der Waals surface area (Å²) in [5.74, 6) is -0.181. The van der Waals surface area contributed by atoms with Gasteiger partial charge in [0.2, 0.25) is 0 Å². The maximum atomic E-state index is 11.5. The Bertz CT molecular complexity index is 322. The maximum absolute atomic E-state index is 11.5. The van der Waals surface area contributed by atoms with Crippen LogP contribution < -0.4 is 0 Å². The van der Waals surface area contributed by atoms with Crippen LogP contribution in [0.25, 0.3) is 0 Å². The summed E-state index contributed by atoms with van der Waals surface area (Å²) in [6.07, 6.45) is 0. The highest BCUT2D eigenvalue weighted by Crippen LogP contribution is 2.01. The highest BCUT2D eigenvalue weighted by atomic mass is 16.5. The lowest BCUT2D eigenvalue weighted by Crippen LogP contribution is -2.32. The Hall–Kier alpha value is -1.35. The molecule has 0 saturated heterocycles. The molecular formula is C13H19NO2. The molecular weight excluding hydrogens is 202 g/mol. The predicted molar refractivity (Wildman–Crippen MR) is 64.0 cm³/mol. The molecule has 0 amide bonds. The molecule has 0 radical (unpaired) electrons. The first-order chi connectivity index (χ1) is 7.59. The number of nitrogens with zero attached hydrogens (tertiary/aromatic N) is 1. The summed E-state index contributed by atoms with van der Waals surface area (Å²) >= 11 is 0. The first-order valence-corrected chi connectivity index (χ1v) is 5.49. The van der Waals surface area contributed by atoms with Crippen molar-refractivity contribution in [3.05, 3.63) is 35.9 Å². The number of likely N-dealkylation sites (N-methyl/N-ethyl adjacent to an activating group) is 1. The smallest absolute Gasteiger partial charge is 0.320 e. The minimum atomic E-state index is -0.181. The first-order valence-electron chi connectivity index (χ1n) is 5.49. The molecule has 0 saturated carbocycles. The maximum Gasteiger partial charge on any atom is 0.320 e. The number of rotatable bonds is 5. The van der Waals surface area contributed by atoms with Crippen molar-refractivity contribution in [2.75, 3.05) is 13.6 Å². The molecule has 3 heteroatoms. The molecule has 1 aromatic carbocycles. The molecule has 16 heavy (non-hydrogen) atoms. The minimum absolute atomic E-state index is 0.181. The van der Waals surface area contributed by atoms with Crippen LogP contribution in [0.3, 0.4) is 0 Å². The van der Waals surface area contributed by atoms with Crippen molar-refractivity contribution < 1.29 is 9.53 Å². The monoisotopic (exact) mass is 221 g/mol. The summed E-state index contributed by atoms with van der Waals surface area (Å²) in [5.41, 5.74) is 1.02. The standard InChI is InChI=1S/C13H19NO2/c1-11(2)14(3)9-13(15)16-10-12-7-5-4-6-8-12/h4-8,11H,9-10H2,1-3H3. The third-order valence-electron chi connectivity index (χ3n) is 2.50. The van der Waals surface area contributed by atoms with Crippen LogP contribution in [0, 0.1) is 0 Å². The van der Waals surface area contributed by atoms with Crippen molar-refractivity contribution >= 4 is 5.97 Å². The van der Waals surface area contributed by atoms with Crippen LogP contribution in [-0.4, -0.2) is 30.5 Å². The van der Waals surface area contributed by atoms with Crippen molar-refractivity contribution in [2.24, 2.45) is 0 Å². The zero-order chi connectivity index (χ0) is 12.0. The third kappa shape index (κ3) is 4.45. The van der Waals surface area contributed by atoms with E-state index in [1.165, 1.54) is 0 Å². The van der Waals surface area contributed by atoms with Crippen molar-refractivity contribution in [3.8, 4) is 0 Å². The SMILES string of the molecule is CC(C)N(C)CC(=O)OCc1ccccc1. The van der Waals surface area contributed by atoms with E-state index in [1.807, 2.05) is 56.1 Å². The van der Waals surface area contributed by atoms with E-state index >= 15 is 0 Å². The van der Waals surface area contributed by atoms with E-state index in [4.69, 9.17) is 4.74 Å². The molecule has 0 aliphatic rings. The van der Waals surface area contributed by atoms with Crippen LogP contribution in [0.1, 0.15) is 19.4 Å². The lowest BCUT2D eigenvalue weighted by atomic mass is 10.2. The molecule has 0 spiro atoms. The molecule has 0 aliphatic heterocycles. The quantitative estimate of drug-likeness (QED) is 0.713. The minimum Gasteiger partial charge on any atom is -0.460 e. The molecule has 0 aromatic heterocycles. The number of carbonyl (C=O) groups excluding carboxylic acids is 1. The zero-order valence-electron chi connectivity index (χ0n) is 10.1. The van der Waals surface area contributed by atoms with Crippen LogP contribution in [0.2, 0.25) is 0 Å². The van der Waals surface area contributed by atoms with E-state index < -0.39 is 0 Å². The molecule has 1 aromatic rings. The number of benzene rings is 1. The Morgan fingerprint density at radius 1 is 1.31 bits per heavy atom. The highest BCUT2D eigenvalue weighted by molar-refractivity contribution is 5.71. The second kappa shape index (κ2) is 6.28. The van der Waals surface area contributed by atoms with Crippen LogP contribution in [-0.2, 0) is 16.1 Å². The van der Waals surface area contributed by atoms with Gasteiger partial charge in [0.15, 0.2) is 0 Å². The molecule has 0 fully saturated rings. The number of hydrogen-bond donors (Lipinski definition) is 0. The zero-order valence-corrected chi connectivity index (χ0v) is 10.1. The lowest BCUT2D eigenvalue weighted by Gasteiger charge is -2.19. The van der Waals surface area contributed by atoms with Gasteiger partial charge in [0.05, 0.1) is 6.54 Å². The van der Waals surface area contributed by atoms with E-state index in [0.29, 0.717) is 19.2 Å². The van der Waals surface area contributed by atoms with E-state index in [-0.39, 0.29) is 5.97 Å². The topological polar surface area (TPSA) is 29.5 Å². The van der Waals surface area contributed by atoms with Gasteiger partial charge in [-0.25, -0.2) is 0 Å². The van der Waals surface area contributed by atoms with E-state index in [0.717, 1.165) is 5.56 Å². The number of hydrogen-bond acceptors (Lipinski definition) is 3. The molecule has 3 nitrogen and oxygen atoms in total. The Morgan fingerprint density at radius 2 is 1.94 bits per heavy atom. The summed E-state index contributed by atoms with van der Waals surface area (Å²) in [7, 11) is 1.91. The van der Waals surface area contributed by atoms with Gasteiger partial charge in [0, 0.05) is 6.04 Å². The van der Waals surface area contributed by atoms with Gasteiger partial charge < -0.3 is 4.74 Å². The highest BCUT2D eigenvalue weighted by Gasteiger charge is 2.10. The van der Waals surface area contributed by atoms with Crippen LogP contribution in [0.4, 0.5) is 0 Å². The largest absolute Gasteiger partial charge is 0.460 e. The van der Waals surface area contributed by atoms with Crippen molar-refractivity contribution in [2.45, 2.75) is 26.5 Å². The summed E-state index contributed by atoms with van der Waals surface area (Å²) in [6, 6.07) is 10.0. The Labute approximate surface area is 97.0 Å². The van der Waals surface area contributed by atoms with Gasteiger partial charge in [-0.3, -0.25) is 9.69 Å². The summed E-state index contributed by atoms with van der Waals surface area (Å²) < 4.78 is 5.17. The van der Waals surface area contributed by atoms with Crippen LogP contribution in [0.5, 0.6) is 0 Å². The van der Waals surface area contributed by atoms with E-state index in [1.54, 1.807) is 0 Å². The summed E-state index contributed by atoms with van der Waals surface area (Å²) in [5, 5.41) is 0. The van der Waals surface area contributed by atoms with Gasteiger partial charge >= 0.3 is 5.97 Å².